The maximum absolute atomic E-state index is 12.8. The minimum Gasteiger partial charge on any atom is -0.507 e. The fourth-order valence-corrected chi connectivity index (χ4v) is 3.79. The van der Waals surface area contributed by atoms with Gasteiger partial charge < -0.3 is 19.1 Å². The molecule has 1 N–H and O–H groups in total. The molecule has 0 radical (unpaired) electrons. The first-order valence-corrected chi connectivity index (χ1v) is 10.2. The summed E-state index contributed by atoms with van der Waals surface area (Å²) in [5, 5.41) is 11.2. The lowest BCUT2D eigenvalue weighted by Gasteiger charge is -2.14. The fraction of sp³-hybridized carbons (Fsp3) is 0.160. The molecule has 0 aliphatic rings. The second-order valence-electron chi connectivity index (χ2n) is 7.50. The number of benzene rings is 3. The molecule has 0 bridgehead atoms. The van der Waals surface area contributed by atoms with Crippen LogP contribution in [0.15, 0.2) is 71.5 Å². The van der Waals surface area contributed by atoms with E-state index in [-0.39, 0.29) is 23.3 Å². The molecular formula is C25H19F4NO4. The van der Waals surface area contributed by atoms with Crippen molar-refractivity contribution >= 4 is 10.9 Å². The van der Waals surface area contributed by atoms with Gasteiger partial charge in [0.2, 0.25) is 0 Å². The number of para-hydroxylation sites is 1. The van der Waals surface area contributed by atoms with E-state index in [4.69, 9.17) is 0 Å². The topological polar surface area (TPSA) is 60.7 Å². The Balaban J connectivity index is 1.64. The number of ether oxygens (including phenoxy) is 2. The van der Waals surface area contributed by atoms with Crippen LogP contribution in [0.25, 0.3) is 22.0 Å². The molecule has 4 rings (SSSR count). The summed E-state index contributed by atoms with van der Waals surface area (Å²) in [5.41, 5.74) is 2.31. The lowest BCUT2D eigenvalue weighted by atomic mass is 9.99. The Labute approximate surface area is 191 Å². The highest BCUT2D eigenvalue weighted by Crippen LogP contribution is 2.35. The monoisotopic (exact) mass is 473 g/mol. The number of hydrogen-bond donors (Lipinski definition) is 1. The number of nitrogens with zero attached hydrogens (tertiary/aromatic N) is 1. The van der Waals surface area contributed by atoms with Crippen molar-refractivity contribution in [1.82, 2.24) is 4.57 Å². The zero-order valence-corrected chi connectivity index (χ0v) is 17.8. The molecule has 0 spiro atoms. The summed E-state index contributed by atoms with van der Waals surface area (Å²) < 4.78 is 60.6. The van der Waals surface area contributed by atoms with Crippen molar-refractivity contribution < 1.29 is 32.1 Å². The molecule has 4 aromatic rings. The van der Waals surface area contributed by atoms with E-state index in [2.05, 4.69) is 9.47 Å². The van der Waals surface area contributed by atoms with E-state index >= 15 is 0 Å². The molecule has 5 nitrogen and oxygen atoms in total. The Bertz CT molecular complexity index is 1380. The van der Waals surface area contributed by atoms with Gasteiger partial charge in [0.05, 0.1) is 11.1 Å². The standard InChI is InChI=1S/C25H19F4NO4/c1-30-19-5-3-2-4-17(19)22(31)18(23(30)32)12-14-6-8-15(9-7-14)16-10-11-20(33-24(26)27)21(13-16)34-25(28)29/h2-11,13,24-25,31H,12H2,1H3. The molecule has 0 aliphatic carbocycles. The molecule has 1 heterocycles. The highest BCUT2D eigenvalue weighted by atomic mass is 19.3. The third-order valence-corrected chi connectivity index (χ3v) is 5.41. The van der Waals surface area contributed by atoms with E-state index in [1.165, 1.54) is 16.7 Å². The summed E-state index contributed by atoms with van der Waals surface area (Å²) in [4.78, 5) is 12.8. The minimum absolute atomic E-state index is 0.0776. The van der Waals surface area contributed by atoms with E-state index in [0.29, 0.717) is 22.0 Å². The molecule has 0 aliphatic heterocycles. The van der Waals surface area contributed by atoms with Crippen molar-refractivity contribution in [3.05, 3.63) is 88.2 Å². The molecule has 0 fully saturated rings. The number of halogens is 4. The summed E-state index contributed by atoms with van der Waals surface area (Å²) >= 11 is 0. The first kappa shape index (κ1) is 23.2. The largest absolute Gasteiger partial charge is 0.507 e. The molecule has 1 aromatic heterocycles. The van der Waals surface area contributed by atoms with Crippen molar-refractivity contribution in [2.45, 2.75) is 19.6 Å². The molecule has 0 saturated carbocycles. The Morgan fingerprint density at radius 2 is 1.47 bits per heavy atom. The normalized spacial score (nSPS) is 11.4. The molecular weight excluding hydrogens is 454 g/mol. The fourth-order valence-electron chi connectivity index (χ4n) is 3.79. The molecule has 0 unspecified atom stereocenters. The van der Waals surface area contributed by atoms with Crippen LogP contribution in [-0.4, -0.2) is 22.9 Å². The van der Waals surface area contributed by atoms with E-state index in [1.807, 2.05) is 0 Å². The van der Waals surface area contributed by atoms with Crippen LogP contribution >= 0.6 is 0 Å². The van der Waals surface area contributed by atoms with Gasteiger partial charge in [-0.25, -0.2) is 0 Å². The van der Waals surface area contributed by atoms with Crippen molar-refractivity contribution in [2.75, 3.05) is 0 Å². The Morgan fingerprint density at radius 1 is 0.853 bits per heavy atom. The van der Waals surface area contributed by atoms with Crippen LogP contribution in [0.2, 0.25) is 0 Å². The summed E-state index contributed by atoms with van der Waals surface area (Å²) in [6.07, 6.45) is 0.171. The second-order valence-corrected chi connectivity index (χ2v) is 7.50. The van der Waals surface area contributed by atoms with Crippen molar-refractivity contribution in [1.29, 1.82) is 0 Å². The number of alkyl halides is 4. The molecule has 0 saturated heterocycles. The van der Waals surface area contributed by atoms with Crippen LogP contribution in [0.3, 0.4) is 0 Å². The number of fused-ring (bicyclic) bond motifs is 1. The van der Waals surface area contributed by atoms with Gasteiger partial charge in [0, 0.05) is 18.9 Å². The first-order chi connectivity index (χ1) is 16.2. The third kappa shape index (κ3) is 4.68. The van der Waals surface area contributed by atoms with E-state index < -0.39 is 24.7 Å². The van der Waals surface area contributed by atoms with Crippen LogP contribution in [0, 0.1) is 0 Å². The highest BCUT2D eigenvalue weighted by molar-refractivity contribution is 5.86. The molecule has 176 valence electrons. The van der Waals surface area contributed by atoms with Gasteiger partial charge in [-0.05, 0) is 41.0 Å². The lowest BCUT2D eigenvalue weighted by Crippen LogP contribution is -2.21. The van der Waals surface area contributed by atoms with Gasteiger partial charge in [-0.1, -0.05) is 42.5 Å². The van der Waals surface area contributed by atoms with Crippen LogP contribution < -0.4 is 15.0 Å². The van der Waals surface area contributed by atoms with Crippen LogP contribution in [0.5, 0.6) is 17.2 Å². The smallest absolute Gasteiger partial charge is 0.387 e. The quantitative estimate of drug-likeness (QED) is 0.350. The van der Waals surface area contributed by atoms with Gasteiger partial charge in [0.1, 0.15) is 5.75 Å². The molecule has 3 aromatic carbocycles. The maximum atomic E-state index is 12.8. The summed E-state index contributed by atoms with van der Waals surface area (Å²) in [6, 6.07) is 17.6. The number of rotatable bonds is 7. The van der Waals surface area contributed by atoms with E-state index in [9.17, 15) is 27.5 Å². The van der Waals surface area contributed by atoms with E-state index in [1.54, 1.807) is 55.6 Å². The van der Waals surface area contributed by atoms with Gasteiger partial charge in [0.25, 0.3) is 5.56 Å². The van der Waals surface area contributed by atoms with Gasteiger partial charge >= 0.3 is 13.2 Å². The van der Waals surface area contributed by atoms with Gasteiger partial charge in [-0.2, -0.15) is 17.6 Å². The first-order valence-electron chi connectivity index (χ1n) is 10.2. The number of hydrogen-bond acceptors (Lipinski definition) is 4. The number of aromatic nitrogens is 1. The van der Waals surface area contributed by atoms with E-state index in [0.717, 1.165) is 11.6 Å². The third-order valence-electron chi connectivity index (χ3n) is 5.41. The predicted octanol–water partition coefficient (Wildman–Crippen LogP) is 5.70. The highest BCUT2D eigenvalue weighted by Gasteiger charge is 2.17. The van der Waals surface area contributed by atoms with Crippen LogP contribution in [-0.2, 0) is 13.5 Å². The maximum Gasteiger partial charge on any atom is 0.387 e. The van der Waals surface area contributed by atoms with Gasteiger partial charge in [-0.15, -0.1) is 0 Å². The minimum atomic E-state index is -3.21. The van der Waals surface area contributed by atoms with Crippen molar-refractivity contribution in [3.8, 4) is 28.4 Å². The zero-order valence-electron chi connectivity index (χ0n) is 17.8. The Hall–Kier alpha value is -4.01. The van der Waals surface area contributed by atoms with Gasteiger partial charge in [0.15, 0.2) is 11.5 Å². The number of aryl methyl sites for hydroxylation is 1. The SMILES string of the molecule is Cn1c(=O)c(Cc2ccc(-c3ccc(OC(F)F)c(OC(F)F)c3)cc2)c(O)c2ccccc21. The predicted molar refractivity (Wildman–Crippen MR) is 119 cm³/mol. The van der Waals surface area contributed by atoms with Crippen LogP contribution in [0.1, 0.15) is 11.1 Å². The van der Waals surface area contributed by atoms with Crippen molar-refractivity contribution in [3.63, 3.8) is 0 Å². The molecule has 0 atom stereocenters. The van der Waals surface area contributed by atoms with Crippen molar-refractivity contribution in [2.24, 2.45) is 7.05 Å². The Kier molecular flexibility index (Phi) is 6.45. The number of aromatic hydroxyl groups is 1. The average molecular weight is 473 g/mol. The summed E-state index contributed by atoms with van der Waals surface area (Å²) in [5.74, 6) is -1.09. The average Bonchev–Trinajstić information content (AvgIpc) is 2.81. The number of pyridine rings is 1. The molecule has 9 heteroatoms. The summed E-state index contributed by atoms with van der Waals surface area (Å²) in [6.45, 7) is -6.40. The lowest BCUT2D eigenvalue weighted by molar-refractivity contribution is -0.0691. The Morgan fingerprint density at radius 3 is 2.15 bits per heavy atom. The summed E-state index contributed by atoms with van der Waals surface area (Å²) in [7, 11) is 1.64. The van der Waals surface area contributed by atoms with Gasteiger partial charge in [-0.3, -0.25) is 4.79 Å². The van der Waals surface area contributed by atoms with Crippen LogP contribution in [0.4, 0.5) is 17.6 Å². The molecule has 34 heavy (non-hydrogen) atoms. The second kappa shape index (κ2) is 9.46. The zero-order chi connectivity index (χ0) is 24.4. The molecule has 0 amide bonds.